The predicted octanol–water partition coefficient (Wildman–Crippen LogP) is 8.13. The van der Waals surface area contributed by atoms with Crippen molar-refractivity contribution in [3.63, 3.8) is 0 Å². The van der Waals surface area contributed by atoms with Gasteiger partial charge in [-0.15, -0.1) is 11.3 Å². The van der Waals surface area contributed by atoms with Gasteiger partial charge < -0.3 is 4.90 Å². The van der Waals surface area contributed by atoms with Crippen LogP contribution in [0.5, 0.6) is 0 Å². The first kappa shape index (κ1) is 27.5. The van der Waals surface area contributed by atoms with E-state index in [9.17, 15) is 9.59 Å². The quantitative estimate of drug-likeness (QED) is 0.104. The first-order chi connectivity index (χ1) is 22.2. The second-order valence-corrected chi connectivity index (χ2v) is 14.4. The Kier molecular flexibility index (Phi) is 5.44. The van der Waals surface area contributed by atoms with Gasteiger partial charge in [0.25, 0.3) is 11.8 Å². The summed E-state index contributed by atoms with van der Waals surface area (Å²) in [5.41, 5.74) is 11.5. The number of carbonyl (C=O) groups excluding carboxylic acids is 2. The number of benzene rings is 4. The van der Waals surface area contributed by atoms with Crippen LogP contribution in [0.15, 0.2) is 103 Å². The fourth-order valence-electron chi connectivity index (χ4n) is 8.25. The molecule has 2 amide bonds. The lowest BCUT2D eigenvalue weighted by molar-refractivity contribution is -0.132. The van der Waals surface area contributed by atoms with Crippen molar-refractivity contribution in [2.24, 2.45) is 0 Å². The SMILES string of the molecule is CN1C(=O)C(=Cc2cc3c(s2)N2c4ccccc4C(C)(C)c4cccc(c42)C32c3ccccc3-c3ccccc32)C(=O)N(C)C1=S. The van der Waals surface area contributed by atoms with E-state index in [4.69, 9.17) is 12.2 Å². The largest absolute Gasteiger partial charge is 0.301 e. The molecule has 5 nitrogen and oxygen atoms in total. The third kappa shape index (κ3) is 3.17. The lowest BCUT2D eigenvalue weighted by Gasteiger charge is -2.49. The van der Waals surface area contributed by atoms with Gasteiger partial charge in [-0.3, -0.25) is 19.4 Å². The highest BCUT2D eigenvalue weighted by molar-refractivity contribution is 7.80. The number of likely N-dealkylation sites (N-methyl/N-ethyl adjacent to an activating group) is 2. The third-order valence-corrected chi connectivity index (χ3v) is 12.0. The minimum Gasteiger partial charge on any atom is -0.301 e. The number of carbonyl (C=O) groups is 2. The molecule has 1 saturated heterocycles. The van der Waals surface area contributed by atoms with E-state index in [0.717, 1.165) is 21.1 Å². The molecule has 1 fully saturated rings. The van der Waals surface area contributed by atoms with Crippen LogP contribution in [-0.4, -0.2) is 40.8 Å². The molecule has 1 spiro atoms. The van der Waals surface area contributed by atoms with E-state index in [0.29, 0.717) is 0 Å². The lowest BCUT2D eigenvalue weighted by Crippen LogP contribution is -2.52. The lowest BCUT2D eigenvalue weighted by atomic mass is 9.62. The number of amides is 2. The smallest absolute Gasteiger partial charge is 0.265 e. The van der Waals surface area contributed by atoms with Crippen molar-refractivity contribution in [3.05, 3.63) is 141 Å². The van der Waals surface area contributed by atoms with Crippen LogP contribution in [0.4, 0.5) is 16.4 Å². The van der Waals surface area contributed by atoms with Crippen molar-refractivity contribution in [1.82, 2.24) is 9.80 Å². The average molecular weight is 636 g/mol. The number of para-hydroxylation sites is 2. The van der Waals surface area contributed by atoms with Gasteiger partial charge in [-0.2, -0.15) is 0 Å². The number of thiophene rings is 1. The van der Waals surface area contributed by atoms with Crippen LogP contribution in [-0.2, 0) is 20.4 Å². The van der Waals surface area contributed by atoms with Gasteiger partial charge in [0.05, 0.1) is 16.8 Å². The maximum absolute atomic E-state index is 13.4. The second-order valence-electron chi connectivity index (χ2n) is 13.0. The molecule has 4 aliphatic rings. The molecule has 5 aromatic rings. The van der Waals surface area contributed by atoms with Gasteiger partial charge in [0.15, 0.2) is 5.11 Å². The number of hydrogen-bond donors (Lipinski definition) is 0. The summed E-state index contributed by atoms with van der Waals surface area (Å²) in [7, 11) is 3.24. The van der Waals surface area contributed by atoms with E-state index in [1.807, 2.05) is 0 Å². The summed E-state index contributed by atoms with van der Waals surface area (Å²) >= 11 is 6.99. The summed E-state index contributed by atoms with van der Waals surface area (Å²) in [6.07, 6.45) is 1.76. The van der Waals surface area contributed by atoms with E-state index in [1.165, 1.54) is 54.4 Å². The molecule has 9 rings (SSSR count). The van der Waals surface area contributed by atoms with Gasteiger partial charge >= 0.3 is 0 Å². The van der Waals surface area contributed by atoms with Gasteiger partial charge in [-0.1, -0.05) is 98.8 Å². The molecule has 0 radical (unpaired) electrons. The maximum atomic E-state index is 13.4. The average Bonchev–Trinajstić information content (AvgIpc) is 3.63. The monoisotopic (exact) mass is 635 g/mol. The number of hydrogen-bond acceptors (Lipinski definition) is 5. The Bertz CT molecular complexity index is 2190. The molecular formula is C39H29N3O2S2. The number of rotatable bonds is 1. The van der Waals surface area contributed by atoms with Crippen molar-refractivity contribution in [2.45, 2.75) is 24.7 Å². The first-order valence-electron chi connectivity index (χ1n) is 15.4. The zero-order valence-corrected chi connectivity index (χ0v) is 27.4. The summed E-state index contributed by atoms with van der Waals surface area (Å²) in [6, 6.07) is 35.2. The molecule has 3 aliphatic heterocycles. The molecule has 1 aromatic heterocycles. The van der Waals surface area contributed by atoms with Gasteiger partial charge in [-0.05, 0) is 69.4 Å². The van der Waals surface area contributed by atoms with Crippen molar-refractivity contribution >= 4 is 62.9 Å². The summed E-state index contributed by atoms with van der Waals surface area (Å²) in [6.45, 7) is 4.64. The molecule has 46 heavy (non-hydrogen) atoms. The Morgan fingerprint density at radius 1 is 0.674 bits per heavy atom. The highest BCUT2D eigenvalue weighted by Gasteiger charge is 2.55. The van der Waals surface area contributed by atoms with Gasteiger partial charge in [-0.25, -0.2) is 0 Å². The minimum absolute atomic E-state index is 0.108. The molecule has 0 saturated carbocycles. The highest BCUT2D eigenvalue weighted by atomic mass is 32.1. The molecule has 0 atom stereocenters. The Morgan fingerprint density at radius 3 is 1.87 bits per heavy atom. The summed E-state index contributed by atoms with van der Waals surface area (Å²) < 4.78 is 0. The summed E-state index contributed by atoms with van der Waals surface area (Å²) in [5, 5.41) is 1.29. The van der Waals surface area contributed by atoms with Crippen molar-refractivity contribution in [2.75, 3.05) is 19.0 Å². The molecule has 4 heterocycles. The third-order valence-electron chi connectivity index (χ3n) is 10.4. The molecule has 1 aliphatic carbocycles. The Labute approximate surface area is 277 Å². The number of fused-ring (bicyclic) bond motifs is 11. The molecule has 7 heteroatoms. The molecule has 0 unspecified atom stereocenters. The molecule has 4 aromatic carbocycles. The van der Waals surface area contributed by atoms with Crippen molar-refractivity contribution in [1.29, 1.82) is 0 Å². The van der Waals surface area contributed by atoms with Crippen LogP contribution in [0.25, 0.3) is 17.2 Å². The minimum atomic E-state index is -0.588. The van der Waals surface area contributed by atoms with Crippen molar-refractivity contribution in [3.8, 4) is 11.1 Å². The second kappa shape index (κ2) is 9.12. The topological polar surface area (TPSA) is 43.9 Å². The molecular weight excluding hydrogens is 607 g/mol. The summed E-state index contributed by atoms with van der Waals surface area (Å²) in [4.78, 5) is 32.8. The van der Waals surface area contributed by atoms with Gasteiger partial charge in [0.2, 0.25) is 0 Å². The van der Waals surface area contributed by atoms with E-state index >= 15 is 0 Å². The molecule has 0 N–H and O–H groups in total. The maximum Gasteiger partial charge on any atom is 0.265 e. The fourth-order valence-corrected chi connectivity index (χ4v) is 9.59. The molecule has 0 bridgehead atoms. The van der Waals surface area contributed by atoms with Gasteiger partial charge in [0.1, 0.15) is 10.6 Å². The van der Waals surface area contributed by atoms with Crippen LogP contribution >= 0.6 is 23.6 Å². The van der Waals surface area contributed by atoms with Crippen LogP contribution in [0, 0.1) is 0 Å². The van der Waals surface area contributed by atoms with Gasteiger partial charge in [0, 0.05) is 30.0 Å². The first-order valence-corrected chi connectivity index (χ1v) is 16.6. The Hall–Kier alpha value is -4.85. The number of anilines is 3. The predicted molar refractivity (Wildman–Crippen MR) is 188 cm³/mol. The standard InChI is InChI=1S/C39H29N3O2S2/c1-38(2)28-16-9-10-19-32(28)42-33-29(38)17-11-18-30(33)39(26-14-7-5-12-23(26)24-13-6-8-15-27(24)39)31-21-22(46-36(31)42)20-25-34(43)40(3)37(45)41(4)35(25)44/h5-21H,1-4H3. The van der Waals surface area contributed by atoms with E-state index in [-0.39, 0.29) is 27.9 Å². The zero-order valence-electron chi connectivity index (χ0n) is 25.8. The normalized spacial score (nSPS) is 17.9. The highest BCUT2D eigenvalue weighted by Crippen LogP contribution is 2.68. The van der Waals surface area contributed by atoms with Crippen LogP contribution in [0.3, 0.4) is 0 Å². The van der Waals surface area contributed by atoms with E-state index in [1.54, 1.807) is 31.5 Å². The van der Waals surface area contributed by atoms with Crippen LogP contribution < -0.4 is 4.90 Å². The van der Waals surface area contributed by atoms with E-state index in [2.05, 4.69) is 116 Å². The van der Waals surface area contributed by atoms with E-state index < -0.39 is 5.41 Å². The van der Waals surface area contributed by atoms with Crippen molar-refractivity contribution < 1.29 is 9.59 Å². The number of nitrogens with zero attached hydrogens (tertiary/aromatic N) is 3. The summed E-state index contributed by atoms with van der Waals surface area (Å²) in [5.74, 6) is -0.775. The number of thiocarbonyl (C=S) groups is 1. The Morgan fingerprint density at radius 2 is 1.22 bits per heavy atom. The zero-order chi connectivity index (χ0) is 31.7. The Balaban J connectivity index is 1.41. The fraction of sp³-hybridized carbons (Fsp3) is 0.154. The molecule has 224 valence electrons. The van der Waals surface area contributed by atoms with Crippen LogP contribution in [0.1, 0.15) is 52.1 Å². The van der Waals surface area contributed by atoms with Crippen LogP contribution in [0.2, 0.25) is 0 Å².